The van der Waals surface area contributed by atoms with Gasteiger partial charge in [0.15, 0.2) is 6.04 Å². The molecule has 2 aromatic rings. The van der Waals surface area contributed by atoms with E-state index in [-0.39, 0.29) is 11.9 Å². The molecular formula is C21H27N2O+. The lowest BCUT2D eigenvalue weighted by molar-refractivity contribution is -0.713. The van der Waals surface area contributed by atoms with E-state index in [0.717, 1.165) is 25.1 Å². The zero-order valence-electron chi connectivity index (χ0n) is 14.8. The zero-order valence-corrected chi connectivity index (χ0v) is 14.8. The molecule has 3 heteroatoms. The highest BCUT2D eigenvalue weighted by Gasteiger charge is 2.31. The van der Waals surface area contributed by atoms with Crippen LogP contribution in [-0.4, -0.2) is 18.5 Å². The number of fused-ring (bicyclic) bond motifs is 1. The van der Waals surface area contributed by atoms with Gasteiger partial charge in [-0.2, -0.15) is 0 Å². The topological polar surface area (TPSA) is 36.9 Å². The van der Waals surface area contributed by atoms with E-state index in [2.05, 4.69) is 55.6 Å². The summed E-state index contributed by atoms with van der Waals surface area (Å²) in [6.07, 6.45) is 1.97. The highest BCUT2D eigenvalue weighted by molar-refractivity contribution is 5.97. The summed E-state index contributed by atoms with van der Waals surface area (Å²) >= 11 is 0. The number of rotatable bonds is 5. The van der Waals surface area contributed by atoms with Crippen LogP contribution in [0.4, 0.5) is 5.69 Å². The fraction of sp³-hybridized carbons (Fsp3) is 0.381. The van der Waals surface area contributed by atoms with Crippen LogP contribution >= 0.6 is 0 Å². The van der Waals surface area contributed by atoms with Gasteiger partial charge in [0.05, 0.1) is 0 Å². The van der Waals surface area contributed by atoms with Crippen LogP contribution < -0.4 is 10.2 Å². The van der Waals surface area contributed by atoms with E-state index < -0.39 is 0 Å². The lowest BCUT2D eigenvalue weighted by Gasteiger charge is -2.24. The summed E-state index contributed by atoms with van der Waals surface area (Å²) in [6.45, 7) is 7.12. The minimum atomic E-state index is -0.0811. The maximum atomic E-state index is 12.9. The monoisotopic (exact) mass is 323 g/mol. The molecule has 2 N–H and O–H groups in total. The average Bonchev–Trinajstić information content (AvgIpc) is 3.03. The van der Waals surface area contributed by atoms with Crippen molar-refractivity contribution < 1.29 is 10.1 Å². The van der Waals surface area contributed by atoms with Gasteiger partial charge < -0.3 is 10.2 Å². The molecule has 2 aromatic carbocycles. The zero-order chi connectivity index (χ0) is 17.1. The lowest BCUT2D eigenvalue weighted by Crippen LogP contribution is -2.92. The van der Waals surface area contributed by atoms with Crippen molar-refractivity contribution >= 4 is 11.6 Å². The average molecular weight is 323 g/mol. The van der Waals surface area contributed by atoms with Crippen LogP contribution in [-0.2, 0) is 11.2 Å². The molecule has 0 spiro atoms. The first-order chi connectivity index (χ1) is 11.6. The molecule has 1 aliphatic rings. The second-order valence-electron chi connectivity index (χ2n) is 6.78. The van der Waals surface area contributed by atoms with Crippen molar-refractivity contribution in [2.45, 2.75) is 45.7 Å². The van der Waals surface area contributed by atoms with Gasteiger partial charge in [0.25, 0.3) is 5.91 Å². The number of benzene rings is 2. The van der Waals surface area contributed by atoms with Crippen molar-refractivity contribution in [3.63, 3.8) is 0 Å². The van der Waals surface area contributed by atoms with E-state index >= 15 is 0 Å². The summed E-state index contributed by atoms with van der Waals surface area (Å²) in [5, 5.41) is 2.22. The van der Waals surface area contributed by atoms with Crippen molar-refractivity contribution in [2.24, 2.45) is 0 Å². The molecule has 0 saturated heterocycles. The van der Waals surface area contributed by atoms with Gasteiger partial charge in [-0.1, -0.05) is 55.0 Å². The first-order valence-electron chi connectivity index (χ1n) is 8.91. The van der Waals surface area contributed by atoms with Crippen LogP contribution in [0.2, 0.25) is 0 Å². The van der Waals surface area contributed by atoms with Crippen molar-refractivity contribution in [1.29, 1.82) is 0 Å². The Bertz CT molecular complexity index is 708. The first-order valence-corrected chi connectivity index (χ1v) is 8.91. The standard InChI is InChI=1S/C21H26N2O/c1-4-19(17-11-9-15(2)10-12-17)22-16(3)21(24)23-14-13-18-7-5-6-8-20(18)23/h5-12,16,19,22H,4,13-14H2,1-3H3/p+1/t16-,19-/m1/s1. The summed E-state index contributed by atoms with van der Waals surface area (Å²) in [6, 6.07) is 17.1. The first kappa shape index (κ1) is 16.7. The van der Waals surface area contributed by atoms with Crippen molar-refractivity contribution in [2.75, 3.05) is 11.4 Å². The van der Waals surface area contributed by atoms with Crippen LogP contribution in [0.1, 0.15) is 43.0 Å². The van der Waals surface area contributed by atoms with E-state index in [1.807, 2.05) is 24.0 Å². The van der Waals surface area contributed by atoms with Crippen LogP contribution in [0.3, 0.4) is 0 Å². The minimum absolute atomic E-state index is 0.0811. The summed E-state index contributed by atoms with van der Waals surface area (Å²) in [5.41, 5.74) is 4.94. The summed E-state index contributed by atoms with van der Waals surface area (Å²) in [5.74, 6) is 0.213. The number of carbonyl (C=O) groups is 1. The van der Waals surface area contributed by atoms with Gasteiger partial charge in [-0.3, -0.25) is 4.79 Å². The Morgan fingerprint density at radius 2 is 1.88 bits per heavy atom. The molecular weight excluding hydrogens is 296 g/mol. The number of anilines is 1. The lowest BCUT2D eigenvalue weighted by atomic mass is 10.0. The molecule has 0 saturated carbocycles. The molecule has 126 valence electrons. The number of hydrogen-bond acceptors (Lipinski definition) is 1. The van der Waals surface area contributed by atoms with E-state index in [9.17, 15) is 4.79 Å². The van der Waals surface area contributed by atoms with Gasteiger partial charge in [0, 0.05) is 24.2 Å². The Morgan fingerprint density at radius 1 is 1.17 bits per heavy atom. The highest BCUT2D eigenvalue weighted by atomic mass is 16.2. The van der Waals surface area contributed by atoms with Gasteiger partial charge in [-0.15, -0.1) is 0 Å². The Kier molecular flexibility index (Phi) is 5.00. The third-order valence-electron chi connectivity index (χ3n) is 5.01. The van der Waals surface area contributed by atoms with E-state index in [0.29, 0.717) is 6.04 Å². The Morgan fingerprint density at radius 3 is 2.58 bits per heavy atom. The number of carbonyl (C=O) groups excluding carboxylic acids is 1. The molecule has 0 fully saturated rings. The Hall–Kier alpha value is -2.13. The summed E-state index contributed by atoms with van der Waals surface area (Å²) < 4.78 is 0. The number of nitrogens with zero attached hydrogens (tertiary/aromatic N) is 1. The molecule has 2 atom stereocenters. The van der Waals surface area contributed by atoms with E-state index in [1.54, 1.807) is 0 Å². The number of aryl methyl sites for hydroxylation is 1. The van der Waals surface area contributed by atoms with Crippen molar-refractivity contribution in [3.8, 4) is 0 Å². The maximum absolute atomic E-state index is 12.9. The second-order valence-corrected chi connectivity index (χ2v) is 6.78. The second kappa shape index (κ2) is 7.18. The maximum Gasteiger partial charge on any atom is 0.284 e. The molecule has 0 bridgehead atoms. The molecule has 3 nitrogen and oxygen atoms in total. The van der Waals surface area contributed by atoms with E-state index in [4.69, 9.17) is 0 Å². The smallest absolute Gasteiger partial charge is 0.284 e. The Balaban J connectivity index is 1.71. The molecule has 0 aromatic heterocycles. The van der Waals surface area contributed by atoms with Crippen molar-refractivity contribution in [1.82, 2.24) is 0 Å². The number of para-hydroxylation sites is 1. The van der Waals surface area contributed by atoms with Crippen molar-refractivity contribution in [3.05, 3.63) is 65.2 Å². The van der Waals surface area contributed by atoms with Crippen LogP contribution in [0.25, 0.3) is 0 Å². The summed E-state index contributed by atoms with van der Waals surface area (Å²) in [7, 11) is 0. The molecule has 24 heavy (non-hydrogen) atoms. The molecule has 1 heterocycles. The van der Waals surface area contributed by atoms with Crippen LogP contribution in [0.15, 0.2) is 48.5 Å². The van der Waals surface area contributed by atoms with Crippen LogP contribution in [0.5, 0.6) is 0 Å². The molecule has 3 rings (SSSR count). The molecule has 0 aliphatic carbocycles. The van der Waals surface area contributed by atoms with Gasteiger partial charge in [-0.25, -0.2) is 0 Å². The van der Waals surface area contributed by atoms with Gasteiger partial charge in [-0.05, 0) is 31.9 Å². The van der Waals surface area contributed by atoms with Gasteiger partial charge in [0.1, 0.15) is 6.04 Å². The number of hydrogen-bond donors (Lipinski definition) is 1. The van der Waals surface area contributed by atoms with E-state index in [1.165, 1.54) is 16.7 Å². The number of nitrogens with two attached hydrogens (primary N) is 1. The predicted molar refractivity (Wildman–Crippen MR) is 98.1 cm³/mol. The quantitative estimate of drug-likeness (QED) is 0.902. The molecule has 0 radical (unpaired) electrons. The fourth-order valence-electron chi connectivity index (χ4n) is 3.54. The van der Waals surface area contributed by atoms with Gasteiger partial charge >= 0.3 is 0 Å². The summed E-state index contributed by atoms with van der Waals surface area (Å²) in [4.78, 5) is 14.9. The molecule has 0 unspecified atom stereocenters. The Labute approximate surface area is 144 Å². The number of amides is 1. The van der Waals surface area contributed by atoms with Crippen LogP contribution in [0, 0.1) is 6.92 Å². The normalized spacial score (nSPS) is 15.9. The highest BCUT2D eigenvalue weighted by Crippen LogP contribution is 2.27. The third-order valence-corrected chi connectivity index (χ3v) is 5.01. The third kappa shape index (κ3) is 3.36. The molecule has 1 amide bonds. The molecule has 1 aliphatic heterocycles. The fourth-order valence-corrected chi connectivity index (χ4v) is 3.54. The number of quaternary nitrogens is 1. The SMILES string of the molecule is CC[C@@H]([NH2+][C@H](C)C(=O)N1CCc2ccccc21)c1ccc(C)cc1. The minimum Gasteiger partial charge on any atom is -0.330 e. The predicted octanol–water partition coefficient (Wildman–Crippen LogP) is 2.99. The van der Waals surface area contributed by atoms with Gasteiger partial charge in [0.2, 0.25) is 0 Å². The largest absolute Gasteiger partial charge is 0.330 e.